The molecule has 0 aliphatic rings. The zero-order valence-corrected chi connectivity index (χ0v) is 17.3. The first kappa shape index (κ1) is 20.2. The lowest BCUT2D eigenvalue weighted by Gasteiger charge is -2.15. The van der Waals surface area contributed by atoms with Gasteiger partial charge in [0.15, 0.2) is 6.35 Å². The van der Waals surface area contributed by atoms with Crippen molar-refractivity contribution in [3.63, 3.8) is 0 Å². The number of benzene rings is 2. The van der Waals surface area contributed by atoms with E-state index in [4.69, 9.17) is 27.2 Å². The van der Waals surface area contributed by atoms with Crippen molar-refractivity contribution in [3.8, 4) is 11.5 Å². The molecule has 0 aromatic heterocycles. The summed E-state index contributed by atoms with van der Waals surface area (Å²) in [7, 11) is 0. The Labute approximate surface area is 158 Å². The molecule has 2 rings (SSSR count). The molecule has 2 aromatic rings. The molecule has 0 unspecified atom stereocenters. The largest absolute Gasteiger partial charge is 0.508 e. The minimum Gasteiger partial charge on any atom is -0.508 e. The number of phenols is 1. The topological polar surface area (TPSA) is 46.5 Å². The Kier molecular flexibility index (Phi) is 6.48. The van der Waals surface area contributed by atoms with Crippen LogP contribution in [0.5, 0.6) is 11.5 Å². The molecular formula is C19H23Cl2O3P. The van der Waals surface area contributed by atoms with Crippen LogP contribution in [0.15, 0.2) is 30.3 Å². The molecule has 136 valence electrons. The first-order valence-electron chi connectivity index (χ1n) is 8.10. The Bertz CT molecular complexity index is 789. The zero-order valence-electron chi connectivity index (χ0n) is 14.8. The summed E-state index contributed by atoms with van der Waals surface area (Å²) in [5.74, 6) is -2.04. The van der Waals surface area contributed by atoms with E-state index >= 15 is 0 Å². The van der Waals surface area contributed by atoms with E-state index in [9.17, 15) is 9.67 Å². The van der Waals surface area contributed by atoms with Gasteiger partial charge >= 0.3 is 0 Å². The van der Waals surface area contributed by atoms with Gasteiger partial charge in [-0.1, -0.05) is 26.0 Å². The molecule has 3 nitrogen and oxygen atoms in total. The molecule has 1 N–H and O–H groups in total. The fourth-order valence-electron chi connectivity index (χ4n) is 2.85. The SMILES string of the molecule is Cc1cc(OCP(=O)(Cl)Cl)cc(C)c1Cc1ccc(O)c(C(C)C)c1. The fraction of sp³-hybridized carbons (Fsp3) is 0.368. The van der Waals surface area contributed by atoms with Gasteiger partial charge in [0.1, 0.15) is 11.5 Å². The number of ether oxygens (including phenoxy) is 1. The number of aryl methyl sites for hydroxylation is 2. The van der Waals surface area contributed by atoms with Gasteiger partial charge in [0.25, 0.3) is 5.85 Å². The van der Waals surface area contributed by atoms with Crippen LogP contribution in [0.2, 0.25) is 0 Å². The standard InChI is InChI=1S/C19H23Cl2O3P/c1-12(2)17-9-15(5-6-19(17)22)10-18-13(3)7-16(8-14(18)4)24-11-25(20,21)23/h5-9,12,22H,10-11H2,1-4H3. The summed E-state index contributed by atoms with van der Waals surface area (Å²) in [4.78, 5) is 0. The lowest BCUT2D eigenvalue weighted by molar-refractivity contribution is 0.381. The van der Waals surface area contributed by atoms with Gasteiger partial charge in [-0.25, -0.2) is 0 Å². The van der Waals surface area contributed by atoms with Crippen molar-refractivity contribution >= 4 is 28.3 Å². The highest BCUT2D eigenvalue weighted by Crippen LogP contribution is 2.56. The van der Waals surface area contributed by atoms with Crippen LogP contribution in [0.25, 0.3) is 0 Å². The number of phenolic OH excluding ortho intramolecular Hbond substituents is 1. The predicted molar refractivity (Wildman–Crippen MR) is 106 cm³/mol. The Morgan fingerprint density at radius 1 is 1.12 bits per heavy atom. The van der Waals surface area contributed by atoms with Crippen LogP contribution < -0.4 is 4.74 Å². The Morgan fingerprint density at radius 3 is 2.24 bits per heavy atom. The van der Waals surface area contributed by atoms with Crippen LogP contribution in [-0.4, -0.2) is 11.5 Å². The van der Waals surface area contributed by atoms with Crippen LogP contribution in [0.3, 0.4) is 0 Å². The maximum atomic E-state index is 11.4. The summed E-state index contributed by atoms with van der Waals surface area (Å²) in [6.07, 6.45) is 0.561. The van der Waals surface area contributed by atoms with E-state index in [2.05, 4.69) is 19.9 Å². The third kappa shape index (κ3) is 5.67. The molecule has 0 aliphatic carbocycles. The second kappa shape index (κ2) is 8.03. The van der Waals surface area contributed by atoms with Gasteiger partial charge in [-0.15, -0.1) is 0 Å². The molecule has 2 aromatic carbocycles. The summed E-state index contributed by atoms with van der Waals surface area (Å²) in [5.41, 5.74) is 5.45. The van der Waals surface area contributed by atoms with Crippen molar-refractivity contribution in [1.29, 1.82) is 0 Å². The fourth-order valence-corrected chi connectivity index (χ4v) is 3.44. The highest BCUT2D eigenvalue weighted by Gasteiger charge is 2.16. The third-order valence-electron chi connectivity index (χ3n) is 4.15. The number of hydrogen-bond donors (Lipinski definition) is 1. The maximum absolute atomic E-state index is 11.4. The molecule has 0 bridgehead atoms. The van der Waals surface area contributed by atoms with Crippen LogP contribution in [-0.2, 0) is 11.0 Å². The first-order valence-corrected chi connectivity index (χ1v) is 11.8. The van der Waals surface area contributed by atoms with E-state index in [1.54, 1.807) is 6.07 Å². The maximum Gasteiger partial charge on any atom is 0.289 e. The molecule has 0 radical (unpaired) electrons. The van der Waals surface area contributed by atoms with E-state index in [-0.39, 0.29) is 12.3 Å². The number of halogens is 2. The van der Waals surface area contributed by atoms with E-state index in [1.807, 2.05) is 32.0 Å². The lowest BCUT2D eigenvalue weighted by Crippen LogP contribution is -2.00. The Hall–Kier alpha value is -1.15. The van der Waals surface area contributed by atoms with Gasteiger partial charge in [0.2, 0.25) is 0 Å². The van der Waals surface area contributed by atoms with Gasteiger partial charge in [0, 0.05) is 0 Å². The van der Waals surface area contributed by atoms with Gasteiger partial charge in [-0.3, -0.25) is 4.57 Å². The smallest absolute Gasteiger partial charge is 0.289 e. The summed E-state index contributed by atoms with van der Waals surface area (Å²) in [6, 6.07) is 9.55. The van der Waals surface area contributed by atoms with Crippen LogP contribution >= 0.6 is 28.3 Å². The minimum atomic E-state index is -3.25. The van der Waals surface area contributed by atoms with E-state index in [0.29, 0.717) is 11.5 Å². The van der Waals surface area contributed by atoms with Gasteiger partial charge < -0.3 is 9.84 Å². The van der Waals surface area contributed by atoms with Crippen molar-refractivity contribution in [2.45, 2.75) is 40.0 Å². The molecule has 0 aliphatic heterocycles. The molecule has 0 fully saturated rings. The molecule has 25 heavy (non-hydrogen) atoms. The van der Waals surface area contributed by atoms with Crippen LogP contribution in [0, 0.1) is 13.8 Å². The van der Waals surface area contributed by atoms with E-state index in [0.717, 1.165) is 28.7 Å². The van der Waals surface area contributed by atoms with Gasteiger partial charge in [-0.05, 0) is 94.7 Å². The van der Waals surface area contributed by atoms with Crippen molar-refractivity contribution in [2.75, 3.05) is 6.35 Å². The average Bonchev–Trinajstić information content (AvgIpc) is 2.49. The Balaban J connectivity index is 2.26. The minimum absolute atomic E-state index is 0.204. The van der Waals surface area contributed by atoms with Crippen molar-refractivity contribution in [1.82, 2.24) is 0 Å². The van der Waals surface area contributed by atoms with E-state index in [1.165, 1.54) is 5.56 Å². The van der Waals surface area contributed by atoms with Crippen LogP contribution in [0.4, 0.5) is 0 Å². The van der Waals surface area contributed by atoms with Crippen molar-refractivity contribution < 1.29 is 14.4 Å². The van der Waals surface area contributed by atoms with Gasteiger partial charge in [-0.2, -0.15) is 0 Å². The molecule has 0 saturated carbocycles. The molecular weight excluding hydrogens is 378 g/mol. The molecule has 6 heteroatoms. The first-order chi connectivity index (χ1) is 11.6. The molecule has 0 atom stereocenters. The highest BCUT2D eigenvalue weighted by molar-refractivity contribution is 8.08. The third-order valence-corrected chi connectivity index (χ3v) is 5.16. The number of hydrogen-bond acceptors (Lipinski definition) is 3. The summed E-state index contributed by atoms with van der Waals surface area (Å²) < 4.78 is 16.8. The van der Waals surface area contributed by atoms with Crippen molar-refractivity contribution in [3.05, 3.63) is 58.1 Å². The normalized spacial score (nSPS) is 11.8. The van der Waals surface area contributed by atoms with Crippen molar-refractivity contribution in [2.24, 2.45) is 0 Å². The quantitative estimate of drug-likeness (QED) is 0.546. The molecule has 0 saturated heterocycles. The lowest BCUT2D eigenvalue weighted by atomic mass is 9.93. The van der Waals surface area contributed by atoms with E-state index < -0.39 is 5.85 Å². The number of rotatable bonds is 6. The molecule has 0 amide bonds. The Morgan fingerprint density at radius 2 is 1.72 bits per heavy atom. The van der Waals surface area contributed by atoms with Gasteiger partial charge in [0.05, 0.1) is 0 Å². The molecule has 0 spiro atoms. The van der Waals surface area contributed by atoms with Crippen LogP contribution in [0.1, 0.15) is 47.6 Å². The molecule has 0 heterocycles. The highest BCUT2D eigenvalue weighted by atomic mass is 35.9. The zero-order chi connectivity index (χ0) is 18.8. The second-order valence-electron chi connectivity index (χ2n) is 6.60. The summed E-state index contributed by atoms with van der Waals surface area (Å²) in [6.45, 7) is 8.15. The summed E-state index contributed by atoms with van der Waals surface area (Å²) >= 11 is 11.1. The predicted octanol–water partition coefficient (Wildman–Crippen LogP) is 6.73. The summed E-state index contributed by atoms with van der Waals surface area (Å²) in [5, 5.41) is 9.98. The number of aromatic hydroxyl groups is 1. The monoisotopic (exact) mass is 400 g/mol. The second-order valence-corrected chi connectivity index (χ2v) is 11.8. The average molecular weight is 401 g/mol.